The largest absolute Gasteiger partial charge is 0.393 e. The summed E-state index contributed by atoms with van der Waals surface area (Å²) in [5.74, 6) is 0.666. The molecule has 0 aromatic carbocycles. The first kappa shape index (κ1) is 10.4. The molecule has 1 N–H and O–H groups in total. The molecule has 0 spiro atoms. The van der Waals surface area contributed by atoms with Gasteiger partial charge in [-0.1, -0.05) is 29.8 Å². The topological polar surface area (TPSA) is 20.2 Å². The van der Waals surface area contributed by atoms with Gasteiger partial charge < -0.3 is 5.11 Å². The van der Waals surface area contributed by atoms with E-state index in [9.17, 15) is 0 Å². The Balaban J connectivity index is 3.30. The van der Waals surface area contributed by atoms with Gasteiger partial charge in [0.25, 0.3) is 0 Å². The van der Waals surface area contributed by atoms with Gasteiger partial charge in [0.1, 0.15) is 0 Å². The molecule has 0 radical (unpaired) electrons. The average molecular weight is 209 g/mol. The molecule has 0 aliphatic heterocycles. The molecule has 0 heterocycles. The molecule has 0 aliphatic carbocycles. The van der Waals surface area contributed by atoms with Gasteiger partial charge in [-0.25, -0.2) is 0 Å². The van der Waals surface area contributed by atoms with E-state index >= 15 is 0 Å². The fraction of sp³-hybridized carbons (Fsp3) is 1.00. The molecule has 0 aromatic rings. The summed E-state index contributed by atoms with van der Waals surface area (Å²) in [6.45, 7) is 6.20. The normalized spacial score (nSPS) is 17.4. The van der Waals surface area contributed by atoms with Gasteiger partial charge in [0.15, 0.2) is 0 Å². The quantitative estimate of drug-likeness (QED) is 0.705. The standard InChI is InChI=1S/C8H17BrO/c1-6(2)8(9)5-4-7(3)10/h6-8,10H,4-5H2,1-3H3. The number of aliphatic hydroxyl groups excluding tert-OH is 1. The number of hydrogen-bond donors (Lipinski definition) is 1. The summed E-state index contributed by atoms with van der Waals surface area (Å²) in [5.41, 5.74) is 0. The lowest BCUT2D eigenvalue weighted by atomic mass is 10.0. The van der Waals surface area contributed by atoms with Crippen molar-refractivity contribution in [2.75, 3.05) is 0 Å². The maximum atomic E-state index is 8.96. The van der Waals surface area contributed by atoms with Gasteiger partial charge in [-0.05, 0) is 25.7 Å². The van der Waals surface area contributed by atoms with E-state index < -0.39 is 0 Å². The zero-order valence-corrected chi connectivity index (χ0v) is 8.56. The molecule has 0 aliphatic rings. The number of alkyl halides is 1. The van der Waals surface area contributed by atoms with E-state index in [0.29, 0.717) is 10.7 Å². The van der Waals surface area contributed by atoms with E-state index in [-0.39, 0.29) is 6.10 Å². The first-order valence-electron chi connectivity index (χ1n) is 3.86. The molecular weight excluding hydrogens is 192 g/mol. The summed E-state index contributed by atoms with van der Waals surface area (Å²) in [7, 11) is 0. The maximum absolute atomic E-state index is 8.96. The van der Waals surface area contributed by atoms with E-state index in [1.54, 1.807) is 0 Å². The van der Waals surface area contributed by atoms with Crippen LogP contribution < -0.4 is 0 Å². The highest BCUT2D eigenvalue weighted by Gasteiger charge is 2.09. The summed E-state index contributed by atoms with van der Waals surface area (Å²) in [5, 5.41) is 8.96. The molecule has 0 amide bonds. The predicted molar refractivity (Wildman–Crippen MR) is 48.5 cm³/mol. The number of hydrogen-bond acceptors (Lipinski definition) is 1. The molecule has 62 valence electrons. The molecule has 1 nitrogen and oxygen atoms in total. The Kier molecular flexibility index (Phi) is 5.36. The highest BCUT2D eigenvalue weighted by atomic mass is 79.9. The van der Waals surface area contributed by atoms with Crippen molar-refractivity contribution >= 4 is 15.9 Å². The SMILES string of the molecule is CC(O)CCC(Br)C(C)C. The van der Waals surface area contributed by atoms with Crippen LogP contribution in [0.5, 0.6) is 0 Å². The Labute approximate surface area is 72.0 Å². The minimum atomic E-state index is -0.154. The van der Waals surface area contributed by atoms with Crippen LogP contribution in [0.4, 0.5) is 0 Å². The van der Waals surface area contributed by atoms with Crippen molar-refractivity contribution in [3.63, 3.8) is 0 Å². The molecule has 2 atom stereocenters. The highest BCUT2D eigenvalue weighted by molar-refractivity contribution is 9.09. The Morgan fingerprint density at radius 3 is 2.00 bits per heavy atom. The molecule has 0 saturated carbocycles. The average Bonchev–Trinajstić information content (AvgIpc) is 1.82. The number of halogens is 1. The van der Waals surface area contributed by atoms with Crippen molar-refractivity contribution < 1.29 is 5.11 Å². The minimum absolute atomic E-state index is 0.154. The van der Waals surface area contributed by atoms with Gasteiger partial charge in [0.05, 0.1) is 6.10 Å². The van der Waals surface area contributed by atoms with Gasteiger partial charge in [-0.2, -0.15) is 0 Å². The minimum Gasteiger partial charge on any atom is -0.393 e. The maximum Gasteiger partial charge on any atom is 0.0512 e. The fourth-order valence-corrected chi connectivity index (χ4v) is 0.998. The lowest BCUT2D eigenvalue weighted by Gasteiger charge is -2.13. The number of rotatable bonds is 4. The summed E-state index contributed by atoms with van der Waals surface area (Å²) >= 11 is 3.56. The van der Waals surface area contributed by atoms with Gasteiger partial charge in [-0.3, -0.25) is 0 Å². The second-order valence-electron chi connectivity index (χ2n) is 3.19. The highest BCUT2D eigenvalue weighted by Crippen LogP contribution is 2.18. The van der Waals surface area contributed by atoms with E-state index in [1.807, 2.05) is 6.92 Å². The van der Waals surface area contributed by atoms with Crippen molar-refractivity contribution in [3.05, 3.63) is 0 Å². The fourth-order valence-electron chi connectivity index (χ4n) is 0.734. The van der Waals surface area contributed by atoms with E-state index in [4.69, 9.17) is 5.11 Å². The molecule has 0 rings (SSSR count). The molecule has 0 aromatic heterocycles. The third-order valence-corrected chi connectivity index (χ3v) is 3.10. The van der Waals surface area contributed by atoms with E-state index in [1.165, 1.54) is 0 Å². The van der Waals surface area contributed by atoms with Crippen LogP contribution in [-0.2, 0) is 0 Å². The van der Waals surface area contributed by atoms with Crippen molar-refractivity contribution in [1.29, 1.82) is 0 Å². The Bertz CT molecular complexity index is 81.3. The van der Waals surface area contributed by atoms with Gasteiger partial charge >= 0.3 is 0 Å². The molecular formula is C8H17BrO. The Hall–Kier alpha value is 0.440. The summed E-state index contributed by atoms with van der Waals surface area (Å²) in [6, 6.07) is 0. The van der Waals surface area contributed by atoms with Crippen LogP contribution in [0, 0.1) is 5.92 Å². The molecule has 2 unspecified atom stereocenters. The summed E-state index contributed by atoms with van der Waals surface area (Å²) in [4.78, 5) is 0.557. The summed E-state index contributed by atoms with van der Waals surface area (Å²) in [6.07, 6.45) is 1.81. The first-order valence-corrected chi connectivity index (χ1v) is 4.77. The first-order chi connectivity index (χ1) is 4.54. The second kappa shape index (κ2) is 5.14. The van der Waals surface area contributed by atoms with Crippen molar-refractivity contribution in [2.24, 2.45) is 5.92 Å². The molecule has 0 fully saturated rings. The van der Waals surface area contributed by atoms with E-state index in [0.717, 1.165) is 12.8 Å². The van der Waals surface area contributed by atoms with Gasteiger partial charge in [0, 0.05) is 4.83 Å². The van der Waals surface area contributed by atoms with Crippen LogP contribution in [0.25, 0.3) is 0 Å². The van der Waals surface area contributed by atoms with Crippen LogP contribution in [0.3, 0.4) is 0 Å². The second-order valence-corrected chi connectivity index (χ2v) is 4.36. The molecule has 0 bridgehead atoms. The Morgan fingerprint density at radius 2 is 1.70 bits per heavy atom. The lowest BCUT2D eigenvalue weighted by Crippen LogP contribution is -2.10. The van der Waals surface area contributed by atoms with E-state index in [2.05, 4.69) is 29.8 Å². The molecule has 10 heavy (non-hydrogen) atoms. The third kappa shape index (κ3) is 5.24. The monoisotopic (exact) mass is 208 g/mol. The van der Waals surface area contributed by atoms with Crippen LogP contribution in [-0.4, -0.2) is 16.0 Å². The summed E-state index contributed by atoms with van der Waals surface area (Å²) < 4.78 is 0. The van der Waals surface area contributed by atoms with Crippen LogP contribution in [0.1, 0.15) is 33.6 Å². The zero-order chi connectivity index (χ0) is 8.15. The third-order valence-electron chi connectivity index (χ3n) is 1.58. The molecule has 2 heteroatoms. The predicted octanol–water partition coefficient (Wildman–Crippen LogP) is 2.57. The Morgan fingerprint density at radius 1 is 1.20 bits per heavy atom. The van der Waals surface area contributed by atoms with Crippen molar-refractivity contribution in [1.82, 2.24) is 0 Å². The number of aliphatic hydroxyl groups is 1. The zero-order valence-electron chi connectivity index (χ0n) is 6.97. The van der Waals surface area contributed by atoms with Crippen LogP contribution in [0.15, 0.2) is 0 Å². The van der Waals surface area contributed by atoms with Crippen LogP contribution >= 0.6 is 15.9 Å². The molecule has 0 saturated heterocycles. The van der Waals surface area contributed by atoms with Gasteiger partial charge in [-0.15, -0.1) is 0 Å². The van der Waals surface area contributed by atoms with Crippen molar-refractivity contribution in [3.8, 4) is 0 Å². The lowest BCUT2D eigenvalue weighted by molar-refractivity contribution is 0.180. The van der Waals surface area contributed by atoms with Crippen molar-refractivity contribution in [2.45, 2.75) is 44.5 Å². The smallest absolute Gasteiger partial charge is 0.0512 e. The van der Waals surface area contributed by atoms with Gasteiger partial charge in [0.2, 0.25) is 0 Å². The van der Waals surface area contributed by atoms with Crippen LogP contribution in [0.2, 0.25) is 0 Å².